The zero-order valence-electron chi connectivity index (χ0n) is 9.35. The van der Waals surface area contributed by atoms with Crippen molar-refractivity contribution >= 4 is 21.6 Å². The predicted octanol–water partition coefficient (Wildman–Crippen LogP) is -11.9. The summed E-state index contributed by atoms with van der Waals surface area (Å²) >= 11 is 0. The number of hydrogen-bond acceptors (Lipinski definition) is 9. The summed E-state index contributed by atoms with van der Waals surface area (Å²) in [5, 5.41) is 10.2. The largest absolute Gasteiger partial charge is 1.00 e. The fourth-order valence-corrected chi connectivity index (χ4v) is 2.72. The Labute approximate surface area is 132 Å². The number of hydrogen-bond donors (Lipinski definition) is 0. The molecule has 0 amide bonds. The third-order valence-corrected chi connectivity index (χ3v) is 3.68. The van der Waals surface area contributed by atoms with Gasteiger partial charge in [0, 0.05) is 0 Å². The molecule has 0 aromatic carbocycles. The fraction of sp³-hybridized carbons (Fsp3) is 0.667. The average Bonchev–Trinajstić information content (AvgIpc) is 2.04. The minimum absolute atomic E-state index is 0. The molecule has 17 heavy (non-hydrogen) atoms. The summed E-state index contributed by atoms with van der Waals surface area (Å²) in [4.78, 5) is 31.4. The first-order valence-corrected chi connectivity index (χ1v) is 6.01. The van der Waals surface area contributed by atoms with Crippen LogP contribution in [0.4, 0.5) is 0 Å². The van der Waals surface area contributed by atoms with Crippen LogP contribution in [0.25, 0.3) is 0 Å². The summed E-state index contributed by atoms with van der Waals surface area (Å²) in [6.45, 7) is -1.02. The van der Waals surface area contributed by atoms with Crippen molar-refractivity contribution in [3.63, 3.8) is 0 Å². The second-order valence-electron chi connectivity index (χ2n) is 2.18. The maximum absolute atomic E-state index is 10.6. The number of phosphoric ester groups is 2. The molecule has 0 N–H and O–H groups in total. The van der Waals surface area contributed by atoms with Crippen molar-refractivity contribution in [1.82, 2.24) is 0 Å². The van der Waals surface area contributed by atoms with Crippen LogP contribution in [0.15, 0.2) is 0 Å². The van der Waals surface area contributed by atoms with E-state index in [2.05, 4.69) is 13.4 Å². The zero-order chi connectivity index (χ0) is 11.0. The molecule has 0 aromatic rings. The Morgan fingerprint density at radius 3 is 2.00 bits per heavy atom. The topological polar surface area (TPSA) is 148 Å². The minimum atomic E-state index is -5.23. The molecule has 3 atom stereocenters. The van der Waals surface area contributed by atoms with Gasteiger partial charge in [-0.1, -0.05) is 0 Å². The van der Waals surface area contributed by atoms with Crippen molar-refractivity contribution < 1.29 is 98.8 Å². The molecule has 1 fully saturated rings. The van der Waals surface area contributed by atoms with Crippen molar-refractivity contribution in [3.8, 4) is 0 Å². The molecule has 14 heteroatoms. The first kappa shape index (κ1) is 23.6. The Hall–Kier alpha value is 1.52. The van der Waals surface area contributed by atoms with Crippen molar-refractivity contribution in [3.05, 3.63) is 0 Å². The van der Waals surface area contributed by atoms with E-state index in [4.69, 9.17) is 0 Å². The van der Waals surface area contributed by atoms with Crippen LogP contribution in [0.2, 0.25) is 0 Å². The molecule has 9 nitrogen and oxygen atoms in total. The van der Waals surface area contributed by atoms with Gasteiger partial charge in [-0.3, -0.25) is 9.13 Å². The number of rotatable bonds is 1. The number of aliphatic carboxylic acids is 1. The quantitative estimate of drug-likeness (QED) is 0.333. The molecule has 0 bridgehead atoms. The number of carboxylic acid groups (broad SMARTS) is 1. The van der Waals surface area contributed by atoms with E-state index >= 15 is 0 Å². The summed E-state index contributed by atoms with van der Waals surface area (Å²) in [6, 6.07) is 0. The third kappa shape index (κ3) is 8.32. The summed E-state index contributed by atoms with van der Waals surface area (Å²) in [5.74, 6) is -1.92. The van der Waals surface area contributed by atoms with Crippen molar-refractivity contribution in [2.75, 3.05) is 6.61 Å². The van der Waals surface area contributed by atoms with Gasteiger partial charge in [0.25, 0.3) is 15.6 Å². The van der Waals surface area contributed by atoms with E-state index in [0.717, 1.165) is 0 Å². The second-order valence-corrected chi connectivity index (χ2v) is 5.10. The van der Waals surface area contributed by atoms with E-state index in [0.29, 0.717) is 0 Å². The van der Waals surface area contributed by atoms with Gasteiger partial charge in [-0.25, -0.2) is 4.31 Å². The van der Waals surface area contributed by atoms with E-state index in [-0.39, 0.29) is 56.6 Å². The molecule has 2 unspecified atom stereocenters. The Balaban J connectivity index is -0.000000653. The first-order chi connectivity index (χ1) is 6.22. The number of carboxylic acids is 1. The zero-order valence-corrected chi connectivity index (χ0v) is 11.1. The monoisotopic (exact) mass is 266 g/mol. The van der Waals surface area contributed by atoms with Gasteiger partial charge in [-0.15, -0.1) is 0 Å². The van der Waals surface area contributed by atoms with Gasteiger partial charge in [0.15, 0.2) is 0 Å². The van der Waals surface area contributed by atoms with E-state index in [1.807, 2.05) is 0 Å². The van der Waals surface area contributed by atoms with Crippen LogP contribution in [-0.4, -0.2) is 18.7 Å². The Morgan fingerprint density at radius 2 is 1.59 bits per heavy atom. The molecular formula is C3H3Li3O9P2. The van der Waals surface area contributed by atoms with Crippen LogP contribution >= 0.6 is 15.6 Å². The van der Waals surface area contributed by atoms with Crippen LogP contribution in [0, 0.1) is 0 Å². The number of carbonyl (C=O) groups is 1. The van der Waals surface area contributed by atoms with E-state index in [1.165, 1.54) is 0 Å². The summed E-state index contributed by atoms with van der Waals surface area (Å²) in [5.41, 5.74) is 0. The molecule has 1 aliphatic rings. The van der Waals surface area contributed by atoms with Gasteiger partial charge >= 0.3 is 56.6 Å². The Morgan fingerprint density at radius 1 is 1.12 bits per heavy atom. The molecule has 0 radical (unpaired) electrons. The fourth-order valence-electron chi connectivity index (χ4n) is 0.622. The molecule has 1 aliphatic heterocycles. The average molecular weight is 266 g/mol. The van der Waals surface area contributed by atoms with Gasteiger partial charge in [-0.05, 0) is 0 Å². The Kier molecular flexibility index (Phi) is 12.0. The van der Waals surface area contributed by atoms with Crippen molar-refractivity contribution in [2.24, 2.45) is 0 Å². The van der Waals surface area contributed by atoms with Crippen LogP contribution in [0.5, 0.6) is 0 Å². The summed E-state index contributed by atoms with van der Waals surface area (Å²) < 4.78 is 32.3. The molecular weight excluding hydrogens is 263 g/mol. The van der Waals surface area contributed by atoms with Gasteiger partial charge < -0.3 is 28.7 Å². The van der Waals surface area contributed by atoms with Crippen LogP contribution in [-0.2, 0) is 27.3 Å². The Bertz CT molecular complexity index is 346. The van der Waals surface area contributed by atoms with Crippen LogP contribution < -0.4 is 71.5 Å². The van der Waals surface area contributed by atoms with Gasteiger partial charge in [0.2, 0.25) is 0 Å². The van der Waals surface area contributed by atoms with E-state index in [9.17, 15) is 28.8 Å². The first-order valence-electron chi connectivity index (χ1n) is 3.09. The SMILES string of the molecule is O=C([O-])[C@@H]1COP(=O)([O-])OP(=O)([O-])O1.[Li+].[Li+].[Li+]. The van der Waals surface area contributed by atoms with Gasteiger partial charge in [0.05, 0.1) is 12.6 Å². The molecule has 0 aliphatic carbocycles. The molecule has 1 saturated heterocycles. The second kappa shape index (κ2) is 8.65. The molecule has 0 saturated carbocycles. The third-order valence-electron chi connectivity index (χ3n) is 1.10. The smallest absolute Gasteiger partial charge is 0.756 e. The maximum Gasteiger partial charge on any atom is 1.00 e. The van der Waals surface area contributed by atoms with E-state index < -0.39 is 34.3 Å². The standard InChI is InChI=1S/C3H6O9P2.3Li/c4-3(5)2-1-10-13(6,7)12-14(8,9)11-2;;;/h2H,1H2,(H,4,5)(H,6,7)(H,8,9);;;/q;3*+1/p-3/t2-;;;/m0.../s1. The van der Waals surface area contributed by atoms with Gasteiger partial charge in [-0.2, -0.15) is 0 Å². The normalized spacial score (nSPS) is 36.5. The number of carbonyl (C=O) groups excluding carboxylic acids is 1. The van der Waals surface area contributed by atoms with Crippen LogP contribution in [0.3, 0.4) is 0 Å². The molecule has 1 heterocycles. The van der Waals surface area contributed by atoms with Gasteiger partial charge in [0.1, 0.15) is 6.10 Å². The maximum atomic E-state index is 10.6. The summed E-state index contributed by atoms with van der Waals surface area (Å²) in [7, 11) is -10.3. The van der Waals surface area contributed by atoms with Crippen molar-refractivity contribution in [1.29, 1.82) is 0 Å². The molecule has 1 rings (SSSR count). The molecule has 0 aromatic heterocycles. The molecule has 82 valence electrons. The van der Waals surface area contributed by atoms with E-state index in [1.54, 1.807) is 0 Å². The molecule has 0 spiro atoms. The number of phosphoric acid groups is 2. The van der Waals surface area contributed by atoms with Crippen molar-refractivity contribution in [2.45, 2.75) is 6.10 Å². The summed E-state index contributed by atoms with van der Waals surface area (Å²) in [6.07, 6.45) is -2.04. The predicted molar refractivity (Wildman–Crippen MR) is 32.1 cm³/mol. The minimum Gasteiger partial charge on any atom is -0.756 e. The van der Waals surface area contributed by atoms with Crippen LogP contribution in [0.1, 0.15) is 0 Å².